The maximum Gasteiger partial charge on any atom is 0.191 e. The monoisotopic (exact) mass is 410 g/mol. The third-order valence-corrected chi connectivity index (χ3v) is 4.48. The van der Waals surface area contributed by atoms with Gasteiger partial charge in [-0.15, -0.1) is 24.0 Å². The number of likely N-dealkylation sites (tertiary alicyclic amines) is 1. The largest absolute Gasteiger partial charge is 0.379 e. The van der Waals surface area contributed by atoms with Gasteiger partial charge >= 0.3 is 0 Å². The Morgan fingerprint density at radius 1 is 1.29 bits per heavy atom. The maximum absolute atomic E-state index is 6.18. The van der Waals surface area contributed by atoms with Gasteiger partial charge in [0.05, 0.1) is 19.8 Å². The van der Waals surface area contributed by atoms with Crippen LogP contribution in [0.4, 0.5) is 0 Å². The number of aliphatic imine (C=N–C) groups is 1. The molecule has 21 heavy (non-hydrogen) atoms. The number of hydrogen-bond donors (Lipinski definition) is 1. The normalized spacial score (nSPS) is 25.6. The minimum Gasteiger partial charge on any atom is -0.379 e. The molecule has 0 spiro atoms. The highest BCUT2D eigenvalue weighted by Gasteiger charge is 2.28. The zero-order valence-electron chi connectivity index (χ0n) is 13.7. The number of hydrogen-bond acceptors (Lipinski definition) is 3. The van der Waals surface area contributed by atoms with E-state index in [1.807, 2.05) is 0 Å². The maximum atomic E-state index is 6.18. The standard InChI is InChI=1S/C15H30N4O.HI/c1-13-5-4-6-18(11-13)14(16)17-12-15(2,3)19-7-9-20-10-8-19;/h13H,4-12H2,1-3H3,(H2,16,17);1H. The molecule has 0 aromatic heterocycles. The van der Waals surface area contributed by atoms with Crippen LogP contribution < -0.4 is 5.73 Å². The molecular formula is C15H31IN4O. The van der Waals surface area contributed by atoms with Gasteiger partial charge in [0, 0.05) is 31.7 Å². The average molecular weight is 410 g/mol. The molecule has 2 fully saturated rings. The van der Waals surface area contributed by atoms with E-state index in [2.05, 4.69) is 35.6 Å². The van der Waals surface area contributed by atoms with Crippen LogP contribution in [0.2, 0.25) is 0 Å². The minimum atomic E-state index is 0. The number of morpholine rings is 1. The molecule has 0 amide bonds. The van der Waals surface area contributed by atoms with E-state index in [0.717, 1.165) is 57.8 Å². The lowest BCUT2D eigenvalue weighted by molar-refractivity contribution is -0.00689. The SMILES string of the molecule is CC1CCCN(C(N)=NCC(C)(C)N2CCOCC2)C1.I. The Hall–Kier alpha value is -0.0800. The molecule has 2 aliphatic heterocycles. The number of rotatable bonds is 3. The Balaban J connectivity index is 0.00000220. The molecule has 0 aliphatic carbocycles. The predicted octanol–water partition coefficient (Wildman–Crippen LogP) is 1.76. The van der Waals surface area contributed by atoms with Gasteiger partial charge in [0.15, 0.2) is 5.96 Å². The lowest BCUT2D eigenvalue weighted by Crippen LogP contribution is -2.52. The van der Waals surface area contributed by atoms with Crippen molar-refractivity contribution >= 4 is 29.9 Å². The van der Waals surface area contributed by atoms with E-state index in [-0.39, 0.29) is 29.5 Å². The molecule has 2 saturated heterocycles. The van der Waals surface area contributed by atoms with Gasteiger partial charge in [-0.25, -0.2) is 0 Å². The molecule has 0 bridgehead atoms. The summed E-state index contributed by atoms with van der Waals surface area (Å²) in [4.78, 5) is 9.36. The summed E-state index contributed by atoms with van der Waals surface area (Å²) in [5.74, 6) is 1.45. The van der Waals surface area contributed by atoms with E-state index in [1.165, 1.54) is 12.8 Å². The Bertz CT molecular complexity index is 343. The van der Waals surface area contributed by atoms with Gasteiger partial charge in [-0.3, -0.25) is 9.89 Å². The van der Waals surface area contributed by atoms with Crippen molar-refractivity contribution in [2.45, 2.75) is 39.2 Å². The van der Waals surface area contributed by atoms with Crippen molar-refractivity contribution in [3.05, 3.63) is 0 Å². The number of halogens is 1. The second-order valence-electron chi connectivity index (χ2n) is 6.78. The molecule has 2 heterocycles. The topological polar surface area (TPSA) is 54.1 Å². The fraction of sp³-hybridized carbons (Fsp3) is 0.933. The molecule has 0 aromatic rings. The molecule has 2 N–H and O–H groups in total. The summed E-state index contributed by atoms with van der Waals surface area (Å²) >= 11 is 0. The van der Waals surface area contributed by atoms with Gasteiger partial charge in [0.2, 0.25) is 0 Å². The van der Waals surface area contributed by atoms with E-state index < -0.39 is 0 Å². The van der Waals surface area contributed by atoms with Crippen molar-refractivity contribution in [1.82, 2.24) is 9.80 Å². The molecule has 0 radical (unpaired) electrons. The van der Waals surface area contributed by atoms with Crippen molar-refractivity contribution in [3.8, 4) is 0 Å². The summed E-state index contributed by atoms with van der Waals surface area (Å²) < 4.78 is 5.42. The highest BCUT2D eigenvalue weighted by atomic mass is 127. The van der Waals surface area contributed by atoms with E-state index >= 15 is 0 Å². The Morgan fingerprint density at radius 2 is 1.95 bits per heavy atom. The summed E-state index contributed by atoms with van der Waals surface area (Å²) in [7, 11) is 0. The van der Waals surface area contributed by atoms with Gasteiger partial charge in [0.25, 0.3) is 0 Å². The zero-order valence-corrected chi connectivity index (χ0v) is 16.0. The number of nitrogens with two attached hydrogens (primary N) is 1. The molecule has 124 valence electrons. The third-order valence-electron chi connectivity index (χ3n) is 4.48. The van der Waals surface area contributed by atoms with E-state index in [1.54, 1.807) is 0 Å². The molecule has 2 aliphatic rings. The second kappa shape index (κ2) is 8.53. The quantitative estimate of drug-likeness (QED) is 0.438. The summed E-state index contributed by atoms with van der Waals surface area (Å²) in [6, 6.07) is 0. The lowest BCUT2D eigenvalue weighted by atomic mass is 10.0. The van der Waals surface area contributed by atoms with Gasteiger partial charge in [-0.1, -0.05) is 6.92 Å². The molecule has 1 unspecified atom stereocenters. The van der Waals surface area contributed by atoms with Crippen LogP contribution in [0.3, 0.4) is 0 Å². The van der Waals surface area contributed by atoms with Crippen molar-refractivity contribution in [3.63, 3.8) is 0 Å². The zero-order chi connectivity index (χ0) is 14.6. The summed E-state index contributed by atoms with van der Waals surface area (Å²) in [5, 5.41) is 0. The van der Waals surface area contributed by atoms with E-state index in [4.69, 9.17) is 10.5 Å². The molecule has 0 saturated carbocycles. The second-order valence-corrected chi connectivity index (χ2v) is 6.78. The molecule has 5 nitrogen and oxygen atoms in total. The van der Waals surface area contributed by atoms with Crippen LogP contribution in [0, 0.1) is 5.92 Å². The van der Waals surface area contributed by atoms with Crippen molar-refractivity contribution in [1.29, 1.82) is 0 Å². The Kier molecular flexibility index (Phi) is 7.70. The van der Waals surface area contributed by atoms with Crippen LogP contribution in [0.1, 0.15) is 33.6 Å². The summed E-state index contributed by atoms with van der Waals surface area (Å²) in [5.41, 5.74) is 6.23. The summed E-state index contributed by atoms with van der Waals surface area (Å²) in [6.45, 7) is 13.3. The first-order chi connectivity index (χ1) is 9.49. The molecular weight excluding hydrogens is 379 g/mol. The number of nitrogens with zero attached hydrogens (tertiary/aromatic N) is 3. The first kappa shape index (κ1) is 19.0. The van der Waals surface area contributed by atoms with Crippen LogP contribution >= 0.6 is 24.0 Å². The van der Waals surface area contributed by atoms with E-state index in [0.29, 0.717) is 0 Å². The Labute approximate surface area is 146 Å². The van der Waals surface area contributed by atoms with Crippen LogP contribution in [0.5, 0.6) is 0 Å². The van der Waals surface area contributed by atoms with Crippen molar-refractivity contribution in [2.75, 3.05) is 45.9 Å². The first-order valence-electron chi connectivity index (χ1n) is 7.87. The highest BCUT2D eigenvalue weighted by molar-refractivity contribution is 14.0. The van der Waals surface area contributed by atoms with Gasteiger partial charge in [-0.2, -0.15) is 0 Å². The summed E-state index contributed by atoms with van der Waals surface area (Å²) in [6.07, 6.45) is 2.54. The smallest absolute Gasteiger partial charge is 0.191 e. The van der Waals surface area contributed by atoms with Gasteiger partial charge < -0.3 is 15.4 Å². The molecule has 1 atom stereocenters. The number of guanidine groups is 1. The first-order valence-corrected chi connectivity index (χ1v) is 7.87. The van der Waals surface area contributed by atoms with Crippen molar-refractivity contribution < 1.29 is 4.74 Å². The number of ether oxygens (including phenoxy) is 1. The van der Waals surface area contributed by atoms with Crippen LogP contribution in [-0.2, 0) is 4.74 Å². The van der Waals surface area contributed by atoms with Gasteiger partial charge in [-0.05, 0) is 32.6 Å². The van der Waals surface area contributed by atoms with E-state index in [9.17, 15) is 0 Å². The Morgan fingerprint density at radius 3 is 2.57 bits per heavy atom. The molecule has 6 heteroatoms. The van der Waals surface area contributed by atoms with Crippen LogP contribution in [-0.4, -0.2) is 67.2 Å². The lowest BCUT2D eigenvalue weighted by Gasteiger charge is -2.40. The van der Waals surface area contributed by atoms with Crippen LogP contribution in [0.15, 0.2) is 4.99 Å². The molecule has 2 rings (SSSR count). The molecule has 0 aromatic carbocycles. The van der Waals surface area contributed by atoms with Crippen molar-refractivity contribution in [2.24, 2.45) is 16.6 Å². The number of piperidine rings is 1. The average Bonchev–Trinajstić information content (AvgIpc) is 2.46. The predicted molar refractivity (Wildman–Crippen MR) is 98.3 cm³/mol. The van der Waals surface area contributed by atoms with Gasteiger partial charge in [0.1, 0.15) is 0 Å². The fourth-order valence-electron chi connectivity index (χ4n) is 3.04. The fourth-order valence-corrected chi connectivity index (χ4v) is 3.04. The minimum absolute atomic E-state index is 0. The van der Waals surface area contributed by atoms with Crippen LogP contribution in [0.25, 0.3) is 0 Å². The third kappa shape index (κ3) is 5.56. The highest BCUT2D eigenvalue weighted by Crippen LogP contribution is 2.18.